The number of carboxylic acids is 1. The van der Waals surface area contributed by atoms with Crippen molar-refractivity contribution >= 4 is 23.0 Å². The molecule has 1 aliphatic rings. The van der Waals surface area contributed by atoms with Gasteiger partial charge in [-0.15, -0.1) is 11.3 Å². The van der Waals surface area contributed by atoms with Crippen LogP contribution in [0.4, 0.5) is 5.69 Å². The van der Waals surface area contributed by atoms with E-state index in [1.54, 1.807) is 11.8 Å². The molecule has 1 saturated heterocycles. The second-order valence-electron chi connectivity index (χ2n) is 5.88. The van der Waals surface area contributed by atoms with E-state index in [2.05, 4.69) is 34.1 Å². The van der Waals surface area contributed by atoms with E-state index in [1.807, 2.05) is 6.07 Å². The van der Waals surface area contributed by atoms with E-state index >= 15 is 0 Å². The molecular formula is C17H21N3O2S. The molecule has 1 aromatic carbocycles. The van der Waals surface area contributed by atoms with Crippen LogP contribution in [0, 0.1) is 6.92 Å². The maximum atomic E-state index is 11.0. The highest BCUT2D eigenvalue weighted by Gasteiger charge is 2.20. The Morgan fingerprint density at radius 2 is 2.00 bits per heavy atom. The van der Waals surface area contributed by atoms with Gasteiger partial charge in [-0.2, -0.15) is 0 Å². The lowest BCUT2D eigenvalue weighted by Gasteiger charge is -2.33. The summed E-state index contributed by atoms with van der Waals surface area (Å²) in [5.41, 5.74) is 1.87. The van der Waals surface area contributed by atoms with E-state index in [1.165, 1.54) is 17.0 Å². The van der Waals surface area contributed by atoms with Gasteiger partial charge in [-0.25, -0.2) is 4.98 Å². The number of aromatic nitrogens is 1. The summed E-state index contributed by atoms with van der Waals surface area (Å²) >= 11 is 1.26. The van der Waals surface area contributed by atoms with Gasteiger partial charge in [0.2, 0.25) is 0 Å². The average molecular weight is 331 g/mol. The van der Waals surface area contributed by atoms with Gasteiger partial charge in [0.15, 0.2) is 0 Å². The van der Waals surface area contributed by atoms with Crippen molar-refractivity contribution in [3.63, 3.8) is 0 Å². The van der Waals surface area contributed by atoms with Crippen LogP contribution in [-0.2, 0) is 6.42 Å². The van der Waals surface area contributed by atoms with Gasteiger partial charge in [0.25, 0.3) is 0 Å². The molecule has 23 heavy (non-hydrogen) atoms. The minimum absolute atomic E-state index is 0.267. The SMILES string of the molecule is Cc1nc(CC[NH+]2CCN(c3ccccc3)CC2)sc1C(=O)[O-]. The molecule has 6 heteroatoms. The standard InChI is InChI=1S/C17H21N3O2S/c1-13-16(17(21)22)23-15(18-13)7-8-19-9-11-20(12-10-19)14-5-3-2-4-6-14/h2-6H,7-12H2,1H3,(H,21,22). The highest BCUT2D eigenvalue weighted by molar-refractivity contribution is 7.13. The van der Waals surface area contributed by atoms with E-state index in [-0.39, 0.29) is 4.88 Å². The topological polar surface area (TPSA) is 60.7 Å². The minimum atomic E-state index is -1.12. The molecule has 0 amide bonds. The Kier molecular flexibility index (Phi) is 4.93. The number of carbonyl (C=O) groups is 1. The van der Waals surface area contributed by atoms with Crippen LogP contribution in [0.5, 0.6) is 0 Å². The first-order valence-corrected chi connectivity index (χ1v) is 8.76. The number of rotatable bonds is 5. The number of benzene rings is 1. The number of thiazole rings is 1. The van der Waals surface area contributed by atoms with Gasteiger partial charge in [-0.1, -0.05) is 18.2 Å². The molecule has 0 saturated carbocycles. The van der Waals surface area contributed by atoms with Crippen LogP contribution >= 0.6 is 11.3 Å². The number of hydrogen-bond donors (Lipinski definition) is 1. The maximum absolute atomic E-state index is 11.0. The Bertz CT molecular complexity index is 664. The lowest BCUT2D eigenvalue weighted by Crippen LogP contribution is -3.15. The number of nitrogens with one attached hydrogen (secondary N) is 1. The van der Waals surface area contributed by atoms with E-state index in [4.69, 9.17) is 0 Å². The summed E-state index contributed by atoms with van der Waals surface area (Å²) in [6, 6.07) is 10.5. The van der Waals surface area contributed by atoms with Crippen molar-refractivity contribution in [3.8, 4) is 0 Å². The molecule has 3 rings (SSSR count). The number of para-hydroxylation sites is 1. The number of nitrogens with zero attached hydrogens (tertiary/aromatic N) is 2. The van der Waals surface area contributed by atoms with Gasteiger partial charge in [0.1, 0.15) is 0 Å². The summed E-state index contributed by atoms with van der Waals surface area (Å²) in [5.74, 6) is -1.12. The zero-order valence-electron chi connectivity index (χ0n) is 13.2. The quantitative estimate of drug-likeness (QED) is 0.822. The first-order valence-electron chi connectivity index (χ1n) is 7.94. The Hall–Kier alpha value is -1.92. The fourth-order valence-corrected chi connectivity index (χ4v) is 3.90. The molecule has 0 spiro atoms. The van der Waals surface area contributed by atoms with Crippen LogP contribution in [0.2, 0.25) is 0 Å². The molecule has 5 nitrogen and oxygen atoms in total. The van der Waals surface area contributed by atoms with E-state index < -0.39 is 5.97 Å². The smallest absolute Gasteiger partial charge is 0.0991 e. The third kappa shape index (κ3) is 3.89. The van der Waals surface area contributed by atoms with E-state index in [0.717, 1.165) is 44.2 Å². The van der Waals surface area contributed by atoms with Crippen molar-refractivity contribution in [1.29, 1.82) is 0 Å². The molecule has 0 aliphatic carbocycles. The number of hydrogen-bond acceptors (Lipinski definition) is 5. The highest BCUT2D eigenvalue weighted by atomic mass is 32.1. The van der Waals surface area contributed by atoms with Crippen molar-refractivity contribution in [2.45, 2.75) is 13.3 Å². The number of piperazine rings is 1. The summed E-state index contributed by atoms with van der Waals surface area (Å²) in [6.07, 6.45) is 0.833. The van der Waals surface area contributed by atoms with Crippen molar-refractivity contribution in [1.82, 2.24) is 4.98 Å². The molecular weight excluding hydrogens is 310 g/mol. The van der Waals surface area contributed by atoms with Crippen molar-refractivity contribution in [2.24, 2.45) is 0 Å². The number of quaternary nitrogens is 1. The first kappa shape index (κ1) is 16.0. The molecule has 1 fully saturated rings. The second-order valence-corrected chi connectivity index (χ2v) is 6.97. The summed E-state index contributed by atoms with van der Waals surface area (Å²) in [6.45, 7) is 7.05. The van der Waals surface area contributed by atoms with Crippen molar-refractivity contribution < 1.29 is 14.8 Å². The minimum Gasteiger partial charge on any atom is -0.544 e. The lowest BCUT2D eigenvalue weighted by molar-refractivity contribution is -0.900. The largest absolute Gasteiger partial charge is 0.544 e. The van der Waals surface area contributed by atoms with Gasteiger partial charge in [0, 0.05) is 12.1 Å². The third-order valence-corrected chi connectivity index (χ3v) is 5.51. The Morgan fingerprint density at radius 3 is 2.61 bits per heavy atom. The van der Waals surface area contributed by atoms with Gasteiger partial charge in [-0.05, 0) is 19.1 Å². The van der Waals surface area contributed by atoms with Crippen LogP contribution in [0.25, 0.3) is 0 Å². The predicted octanol–water partition coefficient (Wildman–Crippen LogP) is -0.237. The van der Waals surface area contributed by atoms with Crippen LogP contribution in [0.3, 0.4) is 0 Å². The van der Waals surface area contributed by atoms with Crippen molar-refractivity contribution in [2.75, 3.05) is 37.6 Å². The van der Waals surface area contributed by atoms with Crippen LogP contribution in [0.1, 0.15) is 20.4 Å². The predicted molar refractivity (Wildman–Crippen MR) is 89.1 cm³/mol. The molecule has 1 aliphatic heterocycles. The zero-order chi connectivity index (χ0) is 16.2. The summed E-state index contributed by atoms with van der Waals surface area (Å²) in [5, 5.41) is 11.9. The normalized spacial score (nSPS) is 15.8. The number of anilines is 1. The van der Waals surface area contributed by atoms with Crippen LogP contribution in [-0.4, -0.2) is 43.7 Å². The molecule has 1 N–H and O–H groups in total. The summed E-state index contributed by atoms with van der Waals surface area (Å²) in [4.78, 5) is 19.6. The molecule has 0 atom stereocenters. The van der Waals surface area contributed by atoms with Gasteiger partial charge >= 0.3 is 0 Å². The molecule has 2 aromatic rings. The summed E-state index contributed by atoms with van der Waals surface area (Å²) < 4.78 is 0. The Balaban J connectivity index is 1.49. The third-order valence-electron chi connectivity index (χ3n) is 4.31. The lowest BCUT2D eigenvalue weighted by atomic mass is 10.2. The molecule has 0 radical (unpaired) electrons. The average Bonchev–Trinajstić information content (AvgIpc) is 2.95. The molecule has 122 valence electrons. The van der Waals surface area contributed by atoms with Gasteiger partial charge in [0.05, 0.1) is 54.3 Å². The number of aromatic carboxylic acids is 1. The monoisotopic (exact) mass is 331 g/mol. The second kappa shape index (κ2) is 7.10. The fourth-order valence-electron chi connectivity index (χ4n) is 3.00. The van der Waals surface area contributed by atoms with Gasteiger partial charge < -0.3 is 19.7 Å². The number of carbonyl (C=O) groups excluding carboxylic acids is 1. The molecule has 2 heterocycles. The van der Waals surface area contributed by atoms with Crippen LogP contribution in [0.15, 0.2) is 30.3 Å². The van der Waals surface area contributed by atoms with Gasteiger partial charge in [-0.3, -0.25) is 0 Å². The molecule has 0 unspecified atom stereocenters. The summed E-state index contributed by atoms with van der Waals surface area (Å²) in [7, 11) is 0. The van der Waals surface area contributed by atoms with E-state index in [9.17, 15) is 9.90 Å². The molecule has 1 aromatic heterocycles. The zero-order valence-corrected chi connectivity index (χ0v) is 14.1. The maximum Gasteiger partial charge on any atom is 0.0991 e. The van der Waals surface area contributed by atoms with Crippen molar-refractivity contribution in [3.05, 3.63) is 45.9 Å². The highest BCUT2D eigenvalue weighted by Crippen LogP contribution is 2.17. The number of aryl methyl sites for hydroxylation is 1. The van der Waals surface area contributed by atoms with E-state index in [0.29, 0.717) is 5.69 Å². The Labute approximate surface area is 140 Å². The Morgan fingerprint density at radius 1 is 1.30 bits per heavy atom. The number of carboxylic acid groups (broad SMARTS) is 1. The fraction of sp³-hybridized carbons (Fsp3) is 0.412. The van der Waals surface area contributed by atoms with Crippen LogP contribution < -0.4 is 14.9 Å². The molecule has 0 bridgehead atoms. The first-order chi connectivity index (χ1) is 11.1.